The largest absolute Gasteiger partial charge is 0.497 e. The number of para-hydroxylation sites is 1. The lowest BCUT2D eigenvalue weighted by Gasteiger charge is -2.18. The molecule has 0 fully saturated rings. The van der Waals surface area contributed by atoms with Crippen LogP contribution in [0.25, 0.3) is 11.0 Å². The van der Waals surface area contributed by atoms with Gasteiger partial charge in [-0.3, -0.25) is 0 Å². The molecular weight excluding hydrogens is 424 g/mol. The highest BCUT2D eigenvalue weighted by atomic mass is 32.2. The molecule has 7 nitrogen and oxygen atoms in total. The average molecular weight is 445 g/mol. The Morgan fingerprint density at radius 1 is 0.844 bits per heavy atom. The molecule has 1 unspecified atom stereocenters. The van der Waals surface area contributed by atoms with E-state index in [0.717, 1.165) is 27.9 Å². The maximum Gasteiger partial charge on any atom is 0.267 e. The Morgan fingerprint density at radius 3 is 2.31 bits per heavy atom. The van der Waals surface area contributed by atoms with Gasteiger partial charge in [0.05, 0.1) is 17.5 Å². The van der Waals surface area contributed by atoms with Gasteiger partial charge in [0.1, 0.15) is 17.3 Å². The predicted octanol–water partition coefficient (Wildman–Crippen LogP) is 4.12. The summed E-state index contributed by atoms with van der Waals surface area (Å²) in [6.07, 6.45) is 3.20. The molecule has 2 aromatic heterocycles. The van der Waals surface area contributed by atoms with Crippen LogP contribution in [0.15, 0.2) is 102 Å². The van der Waals surface area contributed by atoms with Gasteiger partial charge in [-0.15, -0.1) is 5.10 Å². The number of hydrogen-bond donors (Lipinski definition) is 0. The molecule has 5 aromatic rings. The van der Waals surface area contributed by atoms with Crippen LogP contribution in [0.5, 0.6) is 5.75 Å². The van der Waals surface area contributed by atoms with Crippen LogP contribution in [0, 0.1) is 0 Å². The quantitative estimate of drug-likeness (QED) is 0.394. The summed E-state index contributed by atoms with van der Waals surface area (Å²) >= 11 is 0. The maximum absolute atomic E-state index is 13.1. The number of ether oxygens (including phenoxy) is 1. The minimum atomic E-state index is -3.70. The summed E-state index contributed by atoms with van der Waals surface area (Å²) in [5.41, 5.74) is 3.32. The second-order valence-electron chi connectivity index (χ2n) is 7.29. The van der Waals surface area contributed by atoms with Crippen molar-refractivity contribution in [3.63, 3.8) is 0 Å². The van der Waals surface area contributed by atoms with Crippen molar-refractivity contribution in [3.05, 3.63) is 108 Å². The number of aromatic nitrogens is 4. The number of methoxy groups -OCH3 is 1. The Kier molecular flexibility index (Phi) is 4.99. The number of nitrogens with zero attached hydrogens (tertiary/aromatic N) is 4. The molecule has 0 radical (unpaired) electrons. The summed E-state index contributed by atoms with van der Waals surface area (Å²) in [6.45, 7) is 0. The maximum atomic E-state index is 13.1. The number of fused-ring (bicyclic) bond motifs is 1. The highest BCUT2D eigenvalue weighted by molar-refractivity contribution is 7.90. The molecular formula is C24H20N4O3S. The molecule has 0 N–H and O–H groups in total. The molecule has 32 heavy (non-hydrogen) atoms. The van der Waals surface area contributed by atoms with E-state index in [2.05, 4.69) is 10.3 Å². The topological polar surface area (TPSA) is 79.0 Å². The van der Waals surface area contributed by atoms with E-state index in [-0.39, 0.29) is 10.9 Å². The van der Waals surface area contributed by atoms with E-state index >= 15 is 0 Å². The molecule has 3 aromatic carbocycles. The van der Waals surface area contributed by atoms with E-state index < -0.39 is 10.0 Å². The van der Waals surface area contributed by atoms with Crippen molar-refractivity contribution in [1.82, 2.24) is 19.0 Å². The van der Waals surface area contributed by atoms with E-state index in [4.69, 9.17) is 4.74 Å². The third-order valence-electron chi connectivity index (χ3n) is 5.38. The van der Waals surface area contributed by atoms with Crippen LogP contribution < -0.4 is 4.74 Å². The summed E-state index contributed by atoms with van der Waals surface area (Å²) < 4.78 is 34.6. The molecule has 0 aliphatic rings. The first-order chi connectivity index (χ1) is 15.6. The first-order valence-corrected chi connectivity index (χ1v) is 11.4. The summed E-state index contributed by atoms with van der Waals surface area (Å²) in [4.78, 5) is 0.231. The van der Waals surface area contributed by atoms with E-state index in [1.807, 2.05) is 53.2 Å². The van der Waals surface area contributed by atoms with E-state index in [0.29, 0.717) is 0 Å². The zero-order valence-corrected chi connectivity index (χ0v) is 18.1. The first-order valence-electron chi connectivity index (χ1n) is 10.0. The van der Waals surface area contributed by atoms with Crippen molar-refractivity contribution in [3.8, 4) is 5.75 Å². The lowest BCUT2D eigenvalue weighted by Crippen LogP contribution is -2.14. The van der Waals surface area contributed by atoms with Crippen molar-refractivity contribution in [2.24, 2.45) is 0 Å². The van der Waals surface area contributed by atoms with Gasteiger partial charge in [0, 0.05) is 18.0 Å². The SMILES string of the molecule is COc1ccc(C(c2ccn(S(=O)(=O)c3ccccc3)c2)n2nnc3ccccc32)cc1. The Balaban J connectivity index is 1.65. The van der Waals surface area contributed by atoms with E-state index in [1.165, 1.54) is 3.97 Å². The fraction of sp³-hybridized carbons (Fsp3) is 0.0833. The van der Waals surface area contributed by atoms with Crippen molar-refractivity contribution in [1.29, 1.82) is 0 Å². The lowest BCUT2D eigenvalue weighted by molar-refractivity contribution is 0.414. The van der Waals surface area contributed by atoms with Crippen LogP contribution >= 0.6 is 0 Å². The average Bonchev–Trinajstić information content (AvgIpc) is 3.49. The van der Waals surface area contributed by atoms with Crippen LogP contribution in [0.1, 0.15) is 17.2 Å². The Morgan fingerprint density at radius 2 is 1.56 bits per heavy atom. The van der Waals surface area contributed by atoms with Crippen molar-refractivity contribution < 1.29 is 13.2 Å². The van der Waals surface area contributed by atoms with E-state index in [1.54, 1.807) is 55.9 Å². The lowest BCUT2D eigenvalue weighted by atomic mass is 10.0. The molecule has 0 spiro atoms. The van der Waals surface area contributed by atoms with Crippen molar-refractivity contribution in [2.45, 2.75) is 10.9 Å². The highest BCUT2D eigenvalue weighted by Gasteiger charge is 2.24. The molecule has 0 aliphatic carbocycles. The van der Waals surface area contributed by atoms with Crippen LogP contribution in [0.2, 0.25) is 0 Å². The van der Waals surface area contributed by atoms with Gasteiger partial charge in [-0.1, -0.05) is 47.7 Å². The first kappa shape index (κ1) is 20.0. The molecule has 0 amide bonds. The van der Waals surface area contributed by atoms with Gasteiger partial charge in [-0.25, -0.2) is 17.1 Å². The normalized spacial score (nSPS) is 12.7. The molecule has 1 atom stereocenters. The monoisotopic (exact) mass is 444 g/mol. The third-order valence-corrected chi connectivity index (χ3v) is 7.03. The summed E-state index contributed by atoms with van der Waals surface area (Å²) in [7, 11) is -2.09. The van der Waals surface area contributed by atoms with Crippen LogP contribution in [-0.4, -0.2) is 34.5 Å². The Bertz CT molecular complexity index is 1470. The highest BCUT2D eigenvalue weighted by Crippen LogP contribution is 2.31. The minimum Gasteiger partial charge on any atom is -0.497 e. The Labute approximate surface area is 185 Å². The molecule has 5 rings (SSSR count). The zero-order valence-electron chi connectivity index (χ0n) is 17.2. The zero-order chi connectivity index (χ0) is 22.1. The van der Waals surface area contributed by atoms with Gasteiger partial charge < -0.3 is 4.74 Å². The van der Waals surface area contributed by atoms with Gasteiger partial charge >= 0.3 is 0 Å². The minimum absolute atomic E-state index is 0.231. The fourth-order valence-electron chi connectivity index (χ4n) is 3.76. The predicted molar refractivity (Wildman–Crippen MR) is 121 cm³/mol. The van der Waals surface area contributed by atoms with Gasteiger partial charge in [-0.2, -0.15) is 0 Å². The summed E-state index contributed by atoms with van der Waals surface area (Å²) in [5, 5.41) is 8.69. The van der Waals surface area contributed by atoms with Crippen LogP contribution in [0.3, 0.4) is 0 Å². The fourth-order valence-corrected chi connectivity index (χ4v) is 4.98. The standard InChI is InChI=1S/C24H20N4O3S/c1-31-20-13-11-18(12-14-20)24(28-23-10-6-5-9-22(23)25-26-28)19-15-16-27(17-19)32(29,30)21-7-3-2-4-8-21/h2-17,24H,1H3. The molecule has 0 saturated carbocycles. The molecule has 0 saturated heterocycles. The van der Waals surface area contributed by atoms with Crippen LogP contribution in [0.4, 0.5) is 0 Å². The Hall–Kier alpha value is -3.91. The van der Waals surface area contributed by atoms with Gasteiger partial charge in [-0.05, 0) is 48.0 Å². The summed E-state index contributed by atoms with van der Waals surface area (Å²) in [6, 6.07) is 25.1. The smallest absolute Gasteiger partial charge is 0.267 e. The number of rotatable bonds is 6. The van der Waals surface area contributed by atoms with Crippen molar-refractivity contribution >= 4 is 21.1 Å². The van der Waals surface area contributed by atoms with E-state index in [9.17, 15) is 8.42 Å². The number of benzene rings is 3. The molecule has 160 valence electrons. The van der Waals surface area contributed by atoms with Crippen molar-refractivity contribution in [2.75, 3.05) is 7.11 Å². The molecule has 2 heterocycles. The third kappa shape index (κ3) is 3.44. The molecule has 0 bridgehead atoms. The van der Waals surface area contributed by atoms with Crippen LogP contribution in [-0.2, 0) is 10.0 Å². The number of hydrogen-bond acceptors (Lipinski definition) is 5. The van der Waals surface area contributed by atoms with Gasteiger partial charge in [0.2, 0.25) is 0 Å². The molecule has 8 heteroatoms. The summed E-state index contributed by atoms with van der Waals surface area (Å²) in [5.74, 6) is 0.736. The second kappa shape index (κ2) is 7.97. The second-order valence-corrected chi connectivity index (χ2v) is 9.13. The molecule has 0 aliphatic heterocycles. The van der Waals surface area contributed by atoms with Gasteiger partial charge in [0.25, 0.3) is 10.0 Å². The van der Waals surface area contributed by atoms with Gasteiger partial charge in [0.15, 0.2) is 0 Å².